The van der Waals surface area contributed by atoms with Crippen LogP contribution in [0.15, 0.2) is 24.3 Å². The maximum atomic E-state index is 6.20. The molecule has 2 rings (SSSR count). The van der Waals surface area contributed by atoms with Crippen LogP contribution in [-0.4, -0.2) is 4.57 Å². The number of nitrogens with one attached hydrogen (secondary N) is 1. The lowest BCUT2D eigenvalue weighted by atomic mass is 10.2. The summed E-state index contributed by atoms with van der Waals surface area (Å²) < 4.78 is 3.35. The van der Waals surface area contributed by atoms with E-state index in [1.807, 2.05) is 12.1 Å². The summed E-state index contributed by atoms with van der Waals surface area (Å²) in [6.45, 7) is 5.06. The van der Waals surface area contributed by atoms with Crippen molar-refractivity contribution >= 4 is 39.9 Å². The van der Waals surface area contributed by atoms with Gasteiger partial charge in [0.05, 0.1) is 10.7 Å². The van der Waals surface area contributed by atoms with E-state index in [4.69, 9.17) is 11.6 Å². The van der Waals surface area contributed by atoms with Crippen molar-refractivity contribution in [3.8, 4) is 0 Å². The minimum absolute atomic E-state index is 0.771. The lowest BCUT2D eigenvalue weighted by Crippen LogP contribution is -2.02. The Morgan fingerprint density at radius 1 is 1.28 bits per heavy atom. The maximum Gasteiger partial charge on any atom is 0.0648 e. The van der Waals surface area contributed by atoms with Gasteiger partial charge in [-0.3, -0.25) is 0 Å². The molecule has 1 N–H and O–H groups in total. The quantitative estimate of drug-likeness (QED) is 0.782. The van der Waals surface area contributed by atoms with Crippen molar-refractivity contribution in [1.82, 2.24) is 4.57 Å². The van der Waals surface area contributed by atoms with E-state index in [1.54, 1.807) is 0 Å². The van der Waals surface area contributed by atoms with Gasteiger partial charge >= 0.3 is 0 Å². The van der Waals surface area contributed by atoms with E-state index < -0.39 is 0 Å². The number of rotatable bonds is 3. The molecular formula is C14H16ClIN2. The highest BCUT2D eigenvalue weighted by Gasteiger charge is 2.06. The van der Waals surface area contributed by atoms with Gasteiger partial charge in [-0.2, -0.15) is 0 Å². The van der Waals surface area contributed by atoms with Crippen LogP contribution in [0.2, 0.25) is 5.02 Å². The third kappa shape index (κ3) is 2.83. The van der Waals surface area contributed by atoms with Gasteiger partial charge in [0.25, 0.3) is 0 Å². The molecule has 0 aliphatic heterocycles. The zero-order valence-corrected chi connectivity index (χ0v) is 13.6. The fourth-order valence-electron chi connectivity index (χ4n) is 1.94. The highest BCUT2D eigenvalue weighted by atomic mass is 127. The van der Waals surface area contributed by atoms with E-state index in [9.17, 15) is 0 Å². The third-order valence-electron chi connectivity index (χ3n) is 3.28. The molecule has 0 aliphatic carbocycles. The van der Waals surface area contributed by atoms with Crippen molar-refractivity contribution in [2.75, 3.05) is 5.32 Å². The predicted molar refractivity (Wildman–Crippen MR) is 86.4 cm³/mol. The topological polar surface area (TPSA) is 17.0 Å². The van der Waals surface area contributed by atoms with Crippen LogP contribution < -0.4 is 5.32 Å². The lowest BCUT2D eigenvalue weighted by molar-refractivity contribution is 0.837. The van der Waals surface area contributed by atoms with Crippen LogP contribution in [0.5, 0.6) is 0 Å². The van der Waals surface area contributed by atoms with Gasteiger partial charge in [0.1, 0.15) is 0 Å². The smallest absolute Gasteiger partial charge is 0.0648 e. The molecule has 1 aromatic heterocycles. The number of halogens is 2. The first-order chi connectivity index (χ1) is 8.49. The van der Waals surface area contributed by atoms with Gasteiger partial charge < -0.3 is 9.88 Å². The Kier molecular flexibility index (Phi) is 4.22. The molecule has 96 valence electrons. The van der Waals surface area contributed by atoms with Gasteiger partial charge in [-0.25, -0.2) is 0 Å². The minimum Gasteiger partial charge on any atom is -0.380 e. The van der Waals surface area contributed by atoms with Crippen LogP contribution in [0.3, 0.4) is 0 Å². The molecule has 1 aromatic carbocycles. The Balaban J connectivity index is 2.14. The molecule has 2 aromatic rings. The van der Waals surface area contributed by atoms with E-state index in [0.29, 0.717) is 0 Å². The van der Waals surface area contributed by atoms with Crippen LogP contribution >= 0.6 is 34.2 Å². The van der Waals surface area contributed by atoms with Gasteiger partial charge in [0.15, 0.2) is 0 Å². The van der Waals surface area contributed by atoms with Gasteiger partial charge in [0, 0.05) is 28.6 Å². The molecule has 0 aliphatic rings. The molecule has 0 bridgehead atoms. The van der Waals surface area contributed by atoms with Gasteiger partial charge in [-0.15, -0.1) is 0 Å². The van der Waals surface area contributed by atoms with Crippen LogP contribution in [0.4, 0.5) is 5.69 Å². The molecular weight excluding hydrogens is 359 g/mol. The largest absolute Gasteiger partial charge is 0.380 e. The molecule has 1 heterocycles. The summed E-state index contributed by atoms with van der Waals surface area (Å²) in [6, 6.07) is 8.25. The fraction of sp³-hybridized carbons (Fsp3) is 0.286. The molecule has 0 spiro atoms. The summed E-state index contributed by atoms with van der Waals surface area (Å²) in [5.41, 5.74) is 4.86. The molecule has 0 amide bonds. The van der Waals surface area contributed by atoms with Crippen molar-refractivity contribution in [3.05, 3.63) is 49.8 Å². The standard InChI is InChI=1S/C14H16ClIN2/c1-9-6-11(10(2)18(9)3)8-17-14-5-4-12(16)7-13(14)15/h4-7,17H,8H2,1-3H3. The molecule has 0 unspecified atom stereocenters. The molecule has 4 heteroatoms. The highest BCUT2D eigenvalue weighted by molar-refractivity contribution is 14.1. The first kappa shape index (κ1) is 13.7. The van der Waals surface area contributed by atoms with Crippen molar-refractivity contribution < 1.29 is 0 Å². The number of nitrogens with zero attached hydrogens (tertiary/aromatic N) is 1. The first-order valence-electron chi connectivity index (χ1n) is 5.79. The highest BCUT2D eigenvalue weighted by Crippen LogP contribution is 2.25. The Hall–Kier alpha value is -0.680. The van der Waals surface area contributed by atoms with Gasteiger partial charge in [0.2, 0.25) is 0 Å². The summed E-state index contributed by atoms with van der Waals surface area (Å²) in [5.74, 6) is 0. The van der Waals surface area contributed by atoms with Crippen molar-refractivity contribution in [1.29, 1.82) is 0 Å². The normalized spacial score (nSPS) is 10.7. The SMILES string of the molecule is Cc1cc(CNc2ccc(I)cc2Cl)c(C)n1C. The van der Waals surface area contributed by atoms with E-state index >= 15 is 0 Å². The number of anilines is 1. The lowest BCUT2D eigenvalue weighted by Gasteiger charge is -2.09. The van der Waals surface area contributed by atoms with E-state index in [1.165, 1.54) is 17.0 Å². The van der Waals surface area contributed by atoms with Gasteiger partial charge in [-0.1, -0.05) is 11.6 Å². The zero-order chi connectivity index (χ0) is 13.3. The number of aryl methyl sites for hydroxylation is 1. The first-order valence-corrected chi connectivity index (χ1v) is 7.25. The fourth-order valence-corrected chi connectivity index (χ4v) is 2.86. The second-order valence-electron chi connectivity index (χ2n) is 4.43. The maximum absolute atomic E-state index is 6.20. The average molecular weight is 375 g/mol. The molecule has 18 heavy (non-hydrogen) atoms. The molecule has 0 radical (unpaired) electrons. The monoisotopic (exact) mass is 374 g/mol. The minimum atomic E-state index is 0.771. The molecule has 2 nitrogen and oxygen atoms in total. The van der Waals surface area contributed by atoms with Crippen molar-refractivity contribution in [2.45, 2.75) is 20.4 Å². The second-order valence-corrected chi connectivity index (χ2v) is 6.09. The summed E-state index contributed by atoms with van der Waals surface area (Å²) >= 11 is 8.46. The third-order valence-corrected chi connectivity index (χ3v) is 4.26. The van der Waals surface area contributed by atoms with E-state index in [-0.39, 0.29) is 0 Å². The average Bonchev–Trinajstić information content (AvgIpc) is 2.56. The Morgan fingerprint density at radius 2 is 2.00 bits per heavy atom. The number of aromatic nitrogens is 1. The van der Waals surface area contributed by atoms with Gasteiger partial charge in [-0.05, 0) is 66.3 Å². The Morgan fingerprint density at radius 3 is 2.56 bits per heavy atom. The van der Waals surface area contributed by atoms with Crippen LogP contribution in [0.1, 0.15) is 17.0 Å². The van der Waals surface area contributed by atoms with Crippen molar-refractivity contribution in [3.63, 3.8) is 0 Å². The van der Waals surface area contributed by atoms with E-state index in [2.05, 4.69) is 65.5 Å². The number of benzene rings is 1. The predicted octanol–water partition coefficient (Wildman–Crippen LogP) is 4.51. The van der Waals surface area contributed by atoms with Crippen LogP contribution in [0.25, 0.3) is 0 Å². The Bertz CT molecular complexity index is 575. The summed E-state index contributed by atoms with van der Waals surface area (Å²) in [6.07, 6.45) is 0. The summed E-state index contributed by atoms with van der Waals surface area (Å²) in [4.78, 5) is 0. The summed E-state index contributed by atoms with van der Waals surface area (Å²) in [5, 5.41) is 4.16. The van der Waals surface area contributed by atoms with Crippen LogP contribution in [0, 0.1) is 17.4 Å². The second kappa shape index (κ2) is 5.53. The molecule has 0 saturated heterocycles. The van der Waals surface area contributed by atoms with E-state index in [0.717, 1.165) is 20.8 Å². The number of hydrogen-bond acceptors (Lipinski definition) is 1. The molecule has 0 saturated carbocycles. The number of hydrogen-bond donors (Lipinski definition) is 1. The van der Waals surface area contributed by atoms with Crippen LogP contribution in [-0.2, 0) is 13.6 Å². The molecule has 0 atom stereocenters. The zero-order valence-electron chi connectivity index (χ0n) is 10.7. The summed E-state index contributed by atoms with van der Waals surface area (Å²) in [7, 11) is 2.09. The Labute approximate surface area is 126 Å². The van der Waals surface area contributed by atoms with Crippen molar-refractivity contribution in [2.24, 2.45) is 7.05 Å². The molecule has 0 fully saturated rings.